The standard InChI is InChI=1S/C18H22N4O4/c1-21-9-6-19-17(21)16(23)12-4-7-22(8-5-12)18(24)20-13-2-3-14-15(10-13)26-11-25-14/h2-3,6,9-10,12,16,23H,4-5,7-8,11H2,1H3,(H,20,24)/t16-/m1/s1. The molecule has 26 heavy (non-hydrogen) atoms. The Hall–Kier alpha value is -2.74. The summed E-state index contributed by atoms with van der Waals surface area (Å²) >= 11 is 0. The van der Waals surface area contributed by atoms with Crippen molar-refractivity contribution in [3.63, 3.8) is 0 Å². The van der Waals surface area contributed by atoms with Crippen LogP contribution in [0.4, 0.5) is 10.5 Å². The first-order chi connectivity index (χ1) is 12.6. The number of aryl methyl sites for hydroxylation is 1. The molecule has 2 amide bonds. The number of aliphatic hydroxyl groups excluding tert-OH is 1. The van der Waals surface area contributed by atoms with Crippen LogP contribution in [0.2, 0.25) is 0 Å². The number of aromatic nitrogens is 2. The molecule has 2 aliphatic heterocycles. The first kappa shape index (κ1) is 16.7. The van der Waals surface area contributed by atoms with E-state index in [-0.39, 0.29) is 18.7 Å². The van der Waals surface area contributed by atoms with Gasteiger partial charge in [0.05, 0.1) is 0 Å². The molecule has 0 spiro atoms. The molecular formula is C18H22N4O4. The number of likely N-dealkylation sites (tertiary alicyclic amines) is 1. The van der Waals surface area contributed by atoms with Crippen LogP contribution in [-0.2, 0) is 7.05 Å². The van der Waals surface area contributed by atoms with Crippen LogP contribution >= 0.6 is 0 Å². The first-order valence-corrected chi connectivity index (χ1v) is 8.72. The zero-order valence-corrected chi connectivity index (χ0v) is 14.6. The normalized spacial score (nSPS) is 18.0. The highest BCUT2D eigenvalue weighted by molar-refractivity contribution is 5.89. The van der Waals surface area contributed by atoms with Gasteiger partial charge in [-0.05, 0) is 30.9 Å². The third-order valence-corrected chi connectivity index (χ3v) is 5.02. The predicted molar refractivity (Wildman–Crippen MR) is 94.0 cm³/mol. The maximum Gasteiger partial charge on any atom is 0.321 e. The van der Waals surface area contributed by atoms with Gasteiger partial charge in [0.2, 0.25) is 6.79 Å². The van der Waals surface area contributed by atoms with Crippen LogP contribution in [0.3, 0.4) is 0 Å². The zero-order valence-electron chi connectivity index (χ0n) is 14.6. The number of imidazole rings is 1. The number of anilines is 1. The molecule has 0 unspecified atom stereocenters. The third-order valence-electron chi connectivity index (χ3n) is 5.02. The zero-order chi connectivity index (χ0) is 18.1. The number of aliphatic hydroxyl groups is 1. The van der Waals surface area contributed by atoms with Gasteiger partial charge in [0, 0.05) is 44.3 Å². The number of fused-ring (bicyclic) bond motifs is 1. The summed E-state index contributed by atoms with van der Waals surface area (Å²) < 4.78 is 12.4. The van der Waals surface area contributed by atoms with E-state index in [9.17, 15) is 9.90 Å². The van der Waals surface area contributed by atoms with Gasteiger partial charge in [-0.2, -0.15) is 0 Å². The Morgan fingerprint density at radius 3 is 2.81 bits per heavy atom. The highest BCUT2D eigenvalue weighted by Crippen LogP contribution is 2.34. The van der Waals surface area contributed by atoms with Crippen molar-refractivity contribution in [2.45, 2.75) is 18.9 Å². The van der Waals surface area contributed by atoms with E-state index in [2.05, 4.69) is 10.3 Å². The lowest BCUT2D eigenvalue weighted by molar-refractivity contribution is 0.0600. The maximum atomic E-state index is 12.5. The van der Waals surface area contributed by atoms with Crippen molar-refractivity contribution in [1.29, 1.82) is 0 Å². The SMILES string of the molecule is Cn1ccnc1[C@H](O)C1CCN(C(=O)Nc2ccc3c(c2)OCO3)CC1. The van der Waals surface area contributed by atoms with Crippen molar-refractivity contribution >= 4 is 11.7 Å². The molecular weight excluding hydrogens is 336 g/mol. The van der Waals surface area contributed by atoms with Crippen molar-refractivity contribution in [2.24, 2.45) is 13.0 Å². The number of piperidine rings is 1. The smallest absolute Gasteiger partial charge is 0.321 e. The van der Waals surface area contributed by atoms with Crippen molar-refractivity contribution in [2.75, 3.05) is 25.2 Å². The number of urea groups is 1. The molecule has 4 rings (SSSR count). The fourth-order valence-electron chi connectivity index (χ4n) is 3.47. The summed E-state index contributed by atoms with van der Waals surface area (Å²) in [5, 5.41) is 13.4. The van der Waals surface area contributed by atoms with Gasteiger partial charge in [-0.25, -0.2) is 9.78 Å². The molecule has 1 saturated heterocycles. The third kappa shape index (κ3) is 3.20. The molecule has 8 heteroatoms. The van der Waals surface area contributed by atoms with Gasteiger partial charge < -0.3 is 29.4 Å². The van der Waals surface area contributed by atoms with Crippen molar-refractivity contribution in [3.8, 4) is 11.5 Å². The van der Waals surface area contributed by atoms with Crippen molar-refractivity contribution in [3.05, 3.63) is 36.4 Å². The summed E-state index contributed by atoms with van der Waals surface area (Å²) in [6, 6.07) is 5.20. The molecule has 2 N–H and O–H groups in total. The van der Waals surface area contributed by atoms with Gasteiger partial charge >= 0.3 is 6.03 Å². The van der Waals surface area contributed by atoms with E-state index in [4.69, 9.17) is 9.47 Å². The lowest BCUT2D eigenvalue weighted by atomic mass is 9.91. The number of benzene rings is 1. The average molecular weight is 358 g/mol. The molecule has 2 aromatic rings. The second-order valence-electron chi connectivity index (χ2n) is 6.66. The van der Waals surface area contributed by atoms with E-state index < -0.39 is 6.10 Å². The van der Waals surface area contributed by atoms with Crippen LogP contribution in [0, 0.1) is 5.92 Å². The number of nitrogens with zero attached hydrogens (tertiary/aromatic N) is 3. The number of rotatable bonds is 3. The number of amides is 2. The fourth-order valence-corrected chi connectivity index (χ4v) is 3.47. The van der Waals surface area contributed by atoms with Crippen LogP contribution in [0.25, 0.3) is 0 Å². The topological polar surface area (TPSA) is 88.9 Å². The summed E-state index contributed by atoms with van der Waals surface area (Å²) in [6.07, 6.45) is 4.39. The van der Waals surface area contributed by atoms with Gasteiger partial charge in [-0.3, -0.25) is 0 Å². The Morgan fingerprint density at radius 2 is 2.08 bits per heavy atom. The molecule has 2 aliphatic rings. The van der Waals surface area contributed by atoms with E-state index in [0.717, 1.165) is 12.8 Å². The summed E-state index contributed by atoms with van der Waals surface area (Å²) in [6.45, 7) is 1.41. The molecule has 1 atom stereocenters. The second-order valence-corrected chi connectivity index (χ2v) is 6.66. The molecule has 3 heterocycles. The largest absolute Gasteiger partial charge is 0.454 e. The van der Waals surface area contributed by atoms with E-state index in [1.807, 2.05) is 17.8 Å². The first-order valence-electron chi connectivity index (χ1n) is 8.72. The Balaban J connectivity index is 1.33. The summed E-state index contributed by atoms with van der Waals surface area (Å²) in [4.78, 5) is 18.5. The number of carbonyl (C=O) groups is 1. The van der Waals surface area contributed by atoms with Gasteiger partial charge in [-0.15, -0.1) is 0 Å². The van der Waals surface area contributed by atoms with Gasteiger partial charge in [0.1, 0.15) is 11.9 Å². The minimum atomic E-state index is -0.603. The summed E-state index contributed by atoms with van der Waals surface area (Å²) in [5.74, 6) is 2.10. The van der Waals surface area contributed by atoms with Crippen molar-refractivity contribution < 1.29 is 19.4 Å². The van der Waals surface area contributed by atoms with Crippen molar-refractivity contribution in [1.82, 2.24) is 14.5 Å². The van der Waals surface area contributed by atoms with E-state index in [1.54, 1.807) is 29.3 Å². The van der Waals surface area contributed by atoms with Crippen LogP contribution < -0.4 is 14.8 Å². The highest BCUT2D eigenvalue weighted by atomic mass is 16.7. The number of nitrogens with one attached hydrogen (secondary N) is 1. The number of ether oxygens (including phenoxy) is 2. The molecule has 138 valence electrons. The lowest BCUT2D eigenvalue weighted by Crippen LogP contribution is -2.42. The monoisotopic (exact) mass is 358 g/mol. The molecule has 0 saturated carbocycles. The molecule has 1 aromatic carbocycles. The maximum absolute atomic E-state index is 12.5. The number of hydrogen-bond acceptors (Lipinski definition) is 5. The number of carbonyl (C=O) groups excluding carboxylic acids is 1. The van der Waals surface area contributed by atoms with Crippen LogP contribution in [0.5, 0.6) is 11.5 Å². The van der Waals surface area contributed by atoms with Crippen LogP contribution in [0.1, 0.15) is 24.8 Å². The molecule has 0 bridgehead atoms. The number of hydrogen-bond donors (Lipinski definition) is 2. The summed E-state index contributed by atoms with van der Waals surface area (Å²) in [5.41, 5.74) is 0.675. The molecule has 1 aromatic heterocycles. The van der Waals surface area contributed by atoms with Crippen LogP contribution in [-0.4, -0.2) is 45.5 Å². The van der Waals surface area contributed by atoms with E-state index in [1.165, 1.54) is 0 Å². The van der Waals surface area contributed by atoms with Gasteiger partial charge in [0.25, 0.3) is 0 Å². The highest BCUT2D eigenvalue weighted by Gasteiger charge is 2.30. The molecule has 8 nitrogen and oxygen atoms in total. The van der Waals surface area contributed by atoms with Crippen LogP contribution in [0.15, 0.2) is 30.6 Å². The Bertz CT molecular complexity index is 798. The Morgan fingerprint density at radius 1 is 1.31 bits per heavy atom. The Kier molecular flexibility index (Phi) is 4.42. The minimum Gasteiger partial charge on any atom is -0.454 e. The van der Waals surface area contributed by atoms with E-state index >= 15 is 0 Å². The second kappa shape index (κ2) is 6.87. The Labute approximate surface area is 151 Å². The lowest BCUT2D eigenvalue weighted by Gasteiger charge is -2.34. The average Bonchev–Trinajstić information content (AvgIpc) is 3.29. The molecule has 0 aliphatic carbocycles. The van der Waals surface area contributed by atoms with E-state index in [0.29, 0.717) is 36.1 Å². The minimum absolute atomic E-state index is 0.102. The van der Waals surface area contributed by atoms with Gasteiger partial charge in [-0.1, -0.05) is 0 Å². The summed E-state index contributed by atoms with van der Waals surface area (Å²) in [7, 11) is 1.87. The fraction of sp³-hybridized carbons (Fsp3) is 0.444. The van der Waals surface area contributed by atoms with Gasteiger partial charge in [0.15, 0.2) is 11.5 Å². The molecule has 1 fully saturated rings. The molecule has 0 radical (unpaired) electrons. The predicted octanol–water partition coefficient (Wildman–Crippen LogP) is 2.13. The quantitative estimate of drug-likeness (QED) is 0.877.